The van der Waals surface area contributed by atoms with E-state index in [2.05, 4.69) is 49.0 Å². The molecule has 1 aromatic carbocycles. The van der Waals surface area contributed by atoms with Gasteiger partial charge in [-0.25, -0.2) is 9.97 Å². The smallest absolute Gasteiger partial charge is 0.231 e. The van der Waals surface area contributed by atoms with Crippen LogP contribution in [0.2, 0.25) is 0 Å². The molecule has 0 saturated heterocycles. The van der Waals surface area contributed by atoms with Crippen LogP contribution in [0.5, 0.6) is 11.5 Å². The summed E-state index contributed by atoms with van der Waals surface area (Å²) in [7, 11) is 0. The summed E-state index contributed by atoms with van der Waals surface area (Å²) in [4.78, 5) is 10.1. The van der Waals surface area contributed by atoms with Gasteiger partial charge in [0, 0.05) is 21.2 Å². The van der Waals surface area contributed by atoms with E-state index in [0.29, 0.717) is 5.82 Å². The van der Waals surface area contributed by atoms with Crippen LogP contribution in [0.4, 0.5) is 5.82 Å². The number of pyridine rings is 1. The van der Waals surface area contributed by atoms with Gasteiger partial charge in [-0.1, -0.05) is 11.8 Å². The van der Waals surface area contributed by atoms with Crippen molar-refractivity contribution >= 4 is 62.5 Å². The molecular weight excluding hydrogens is 507 g/mol. The number of halogens is 1. The topological polar surface area (TPSA) is 75.2 Å². The number of nitrogens with zero attached hydrogens (tertiary/aromatic N) is 3. The third-order valence-corrected chi connectivity index (χ3v) is 7.54. The molecule has 4 aromatic rings. The Bertz CT molecular complexity index is 1160. The number of fused-ring (bicyclic) bond motifs is 2. The van der Waals surface area contributed by atoms with Crippen LogP contribution in [0.15, 0.2) is 51.3 Å². The molecule has 0 spiro atoms. The third-order valence-electron chi connectivity index (χ3n) is 4.49. The molecule has 0 atom stereocenters. The molecule has 3 aromatic heterocycles. The third kappa shape index (κ3) is 3.31. The summed E-state index contributed by atoms with van der Waals surface area (Å²) in [5, 5.41) is 5.18. The molecule has 5 rings (SSSR count). The maximum Gasteiger partial charge on any atom is 0.231 e. The van der Waals surface area contributed by atoms with Gasteiger partial charge >= 0.3 is 0 Å². The van der Waals surface area contributed by atoms with E-state index in [4.69, 9.17) is 20.2 Å². The van der Waals surface area contributed by atoms with Crippen molar-refractivity contribution < 1.29 is 9.47 Å². The first-order chi connectivity index (χ1) is 13.7. The van der Waals surface area contributed by atoms with Gasteiger partial charge in [0.25, 0.3) is 0 Å². The van der Waals surface area contributed by atoms with E-state index in [9.17, 15) is 0 Å². The number of ether oxygens (including phenoxy) is 2. The Labute approximate surface area is 183 Å². The van der Waals surface area contributed by atoms with Crippen molar-refractivity contribution in [3.63, 3.8) is 0 Å². The molecule has 0 amide bonds. The Morgan fingerprint density at radius 2 is 2.11 bits per heavy atom. The van der Waals surface area contributed by atoms with Crippen molar-refractivity contribution in [3.05, 3.63) is 50.4 Å². The van der Waals surface area contributed by atoms with Crippen LogP contribution in [0, 0.1) is 3.57 Å². The number of nitrogens with two attached hydrogens (primary N) is 1. The van der Waals surface area contributed by atoms with Crippen LogP contribution in [-0.2, 0) is 13.0 Å². The molecule has 4 heterocycles. The molecule has 142 valence electrons. The van der Waals surface area contributed by atoms with Gasteiger partial charge in [0.15, 0.2) is 22.5 Å². The van der Waals surface area contributed by atoms with E-state index >= 15 is 0 Å². The highest BCUT2D eigenvalue weighted by Crippen LogP contribution is 2.41. The summed E-state index contributed by atoms with van der Waals surface area (Å²) < 4.78 is 14.3. The lowest BCUT2D eigenvalue weighted by Crippen LogP contribution is -2.03. The SMILES string of the molecule is Nc1nccc2c1nc(Sc1cc3c(cc1I)OCO3)n2CCc1ccsc1. The molecule has 0 bridgehead atoms. The molecule has 0 fully saturated rings. The summed E-state index contributed by atoms with van der Waals surface area (Å²) >= 11 is 5.64. The summed E-state index contributed by atoms with van der Waals surface area (Å²) in [6.45, 7) is 1.08. The zero-order chi connectivity index (χ0) is 19.1. The van der Waals surface area contributed by atoms with E-state index in [1.54, 1.807) is 29.3 Å². The van der Waals surface area contributed by atoms with E-state index in [1.165, 1.54) is 5.56 Å². The van der Waals surface area contributed by atoms with Gasteiger partial charge in [-0.2, -0.15) is 11.3 Å². The quantitative estimate of drug-likeness (QED) is 0.380. The van der Waals surface area contributed by atoms with Gasteiger partial charge in [0.1, 0.15) is 5.52 Å². The minimum Gasteiger partial charge on any atom is -0.454 e. The van der Waals surface area contributed by atoms with Gasteiger partial charge in [0.05, 0.1) is 5.52 Å². The molecule has 6 nitrogen and oxygen atoms in total. The van der Waals surface area contributed by atoms with Gasteiger partial charge in [-0.3, -0.25) is 0 Å². The Morgan fingerprint density at radius 1 is 1.25 bits per heavy atom. The first-order valence-electron chi connectivity index (χ1n) is 8.58. The highest BCUT2D eigenvalue weighted by Gasteiger charge is 2.20. The van der Waals surface area contributed by atoms with Gasteiger partial charge < -0.3 is 19.8 Å². The molecule has 28 heavy (non-hydrogen) atoms. The number of rotatable bonds is 5. The Morgan fingerprint density at radius 3 is 2.93 bits per heavy atom. The number of nitrogen functional groups attached to an aromatic ring is 1. The summed E-state index contributed by atoms with van der Waals surface area (Å²) in [6.07, 6.45) is 2.67. The molecule has 0 aliphatic carbocycles. The van der Waals surface area contributed by atoms with Crippen LogP contribution < -0.4 is 15.2 Å². The Balaban J connectivity index is 1.54. The highest BCUT2D eigenvalue weighted by atomic mass is 127. The number of benzene rings is 1. The van der Waals surface area contributed by atoms with Crippen LogP contribution in [-0.4, -0.2) is 21.3 Å². The monoisotopic (exact) mass is 522 g/mol. The number of hydrogen-bond acceptors (Lipinski definition) is 7. The molecule has 2 N–H and O–H groups in total. The average Bonchev–Trinajstić information content (AvgIpc) is 3.41. The fraction of sp³-hybridized carbons (Fsp3) is 0.158. The first kappa shape index (κ1) is 18.1. The molecule has 0 saturated carbocycles. The number of aryl methyl sites for hydroxylation is 2. The number of aromatic nitrogens is 3. The zero-order valence-corrected chi connectivity index (χ0v) is 18.4. The van der Waals surface area contributed by atoms with Crippen molar-refractivity contribution in [1.82, 2.24) is 14.5 Å². The largest absolute Gasteiger partial charge is 0.454 e. The molecule has 1 aliphatic rings. The lowest BCUT2D eigenvalue weighted by atomic mass is 10.2. The van der Waals surface area contributed by atoms with Crippen LogP contribution in [0.25, 0.3) is 11.0 Å². The minimum absolute atomic E-state index is 0.265. The zero-order valence-electron chi connectivity index (χ0n) is 14.6. The predicted molar refractivity (Wildman–Crippen MR) is 119 cm³/mol. The number of anilines is 1. The number of hydrogen-bond donors (Lipinski definition) is 1. The van der Waals surface area contributed by atoms with E-state index in [-0.39, 0.29) is 6.79 Å². The minimum atomic E-state index is 0.265. The second-order valence-electron chi connectivity index (χ2n) is 6.23. The van der Waals surface area contributed by atoms with Crippen molar-refractivity contribution in [2.75, 3.05) is 12.5 Å². The normalized spacial score (nSPS) is 12.8. The van der Waals surface area contributed by atoms with Crippen molar-refractivity contribution in [2.45, 2.75) is 23.0 Å². The van der Waals surface area contributed by atoms with Crippen LogP contribution in [0.1, 0.15) is 5.56 Å². The van der Waals surface area contributed by atoms with Crippen LogP contribution in [0.3, 0.4) is 0 Å². The second-order valence-corrected chi connectivity index (χ2v) is 9.18. The van der Waals surface area contributed by atoms with Gasteiger partial charge in [0.2, 0.25) is 6.79 Å². The summed E-state index contributed by atoms with van der Waals surface area (Å²) in [5.74, 6) is 2.01. The standard InChI is InChI=1S/C19H15IN4O2S2/c20-12-7-14-15(26-10-25-14)8-16(12)28-19-23-17-13(1-4-22-18(17)21)24(19)5-2-11-3-6-27-9-11/h1,3-4,6-9H,2,5,10H2,(H2,21,22). The maximum absolute atomic E-state index is 6.09. The van der Waals surface area contributed by atoms with E-state index in [1.807, 2.05) is 18.2 Å². The second kappa shape index (κ2) is 7.45. The lowest BCUT2D eigenvalue weighted by Gasteiger charge is -2.10. The van der Waals surface area contributed by atoms with Crippen LogP contribution >= 0.6 is 45.7 Å². The van der Waals surface area contributed by atoms with Crippen molar-refractivity contribution in [3.8, 4) is 11.5 Å². The average molecular weight is 522 g/mol. The van der Waals surface area contributed by atoms with Gasteiger partial charge in [-0.15, -0.1) is 0 Å². The molecule has 9 heteroatoms. The lowest BCUT2D eigenvalue weighted by molar-refractivity contribution is 0.174. The van der Waals surface area contributed by atoms with Crippen molar-refractivity contribution in [1.29, 1.82) is 0 Å². The van der Waals surface area contributed by atoms with E-state index < -0.39 is 0 Å². The van der Waals surface area contributed by atoms with Gasteiger partial charge in [-0.05, 0) is 69.6 Å². The van der Waals surface area contributed by atoms with E-state index in [0.717, 1.165) is 49.1 Å². The fourth-order valence-corrected chi connectivity index (χ4v) is 5.52. The predicted octanol–water partition coefficient (Wildman–Crippen LogP) is 4.80. The molecule has 1 aliphatic heterocycles. The summed E-state index contributed by atoms with van der Waals surface area (Å²) in [6, 6.07) is 8.15. The maximum atomic E-state index is 6.09. The molecular formula is C19H15IN4O2S2. The number of imidazole rings is 1. The molecule has 0 unspecified atom stereocenters. The van der Waals surface area contributed by atoms with Crippen molar-refractivity contribution in [2.24, 2.45) is 0 Å². The number of thiophene rings is 1. The summed E-state index contributed by atoms with van der Waals surface area (Å²) in [5.41, 5.74) is 9.16. The molecule has 0 radical (unpaired) electrons. The Hall–Kier alpha value is -1.98. The highest BCUT2D eigenvalue weighted by molar-refractivity contribution is 14.1. The Kier molecular flexibility index (Phi) is 4.81. The fourth-order valence-electron chi connectivity index (χ4n) is 3.10. The first-order valence-corrected chi connectivity index (χ1v) is 11.4.